The molecule has 4 nitrogen and oxygen atoms in total. The Bertz CT molecular complexity index is 567. The van der Waals surface area contributed by atoms with Crippen molar-refractivity contribution < 1.29 is 4.74 Å². The summed E-state index contributed by atoms with van der Waals surface area (Å²) in [4.78, 5) is 6.84. The summed E-state index contributed by atoms with van der Waals surface area (Å²) < 4.78 is 8.08. The van der Waals surface area contributed by atoms with Gasteiger partial charge >= 0.3 is 0 Å². The van der Waals surface area contributed by atoms with E-state index in [-0.39, 0.29) is 0 Å². The summed E-state index contributed by atoms with van der Waals surface area (Å²) in [6.45, 7) is 7.29. The minimum absolute atomic E-state index is 0.721. The van der Waals surface area contributed by atoms with Crippen molar-refractivity contribution in [2.24, 2.45) is 5.92 Å². The van der Waals surface area contributed by atoms with Crippen molar-refractivity contribution >= 4 is 0 Å². The molecule has 0 radical (unpaired) electrons. The molecule has 0 N–H and O–H groups in total. The molecule has 0 amide bonds. The van der Waals surface area contributed by atoms with Crippen LogP contribution >= 0.6 is 0 Å². The van der Waals surface area contributed by atoms with E-state index in [0.717, 1.165) is 43.7 Å². The van der Waals surface area contributed by atoms with Crippen molar-refractivity contribution in [2.75, 3.05) is 26.2 Å². The van der Waals surface area contributed by atoms with Crippen LogP contribution in [0.1, 0.15) is 18.7 Å². The summed E-state index contributed by atoms with van der Waals surface area (Å²) >= 11 is 0. The highest BCUT2D eigenvalue weighted by molar-refractivity contribution is 5.20. The highest BCUT2D eigenvalue weighted by atomic mass is 16.5. The standard InChI is InChI=1S/C18H25N3O/c1-16-19-9-11-21(16)15-17-6-5-10-20(14-17)12-13-22-18-7-3-2-4-8-18/h2-4,7-9,11,17H,5-6,10,12-15H2,1H3. The number of para-hydroxylation sites is 1. The third-order valence-corrected chi connectivity index (χ3v) is 4.40. The molecule has 3 rings (SSSR count). The molecule has 22 heavy (non-hydrogen) atoms. The Kier molecular flexibility index (Phi) is 5.11. The van der Waals surface area contributed by atoms with Crippen molar-refractivity contribution in [2.45, 2.75) is 26.3 Å². The Morgan fingerprint density at radius 3 is 2.91 bits per heavy atom. The second-order valence-corrected chi connectivity index (χ2v) is 6.10. The first-order chi connectivity index (χ1) is 10.8. The lowest BCUT2D eigenvalue weighted by Crippen LogP contribution is -2.39. The predicted octanol–water partition coefficient (Wildman–Crippen LogP) is 2.98. The van der Waals surface area contributed by atoms with Gasteiger partial charge in [0.15, 0.2) is 0 Å². The number of rotatable bonds is 6. The van der Waals surface area contributed by atoms with E-state index in [1.54, 1.807) is 0 Å². The molecule has 2 heterocycles. The molecule has 118 valence electrons. The number of likely N-dealkylation sites (tertiary alicyclic amines) is 1. The average molecular weight is 299 g/mol. The maximum Gasteiger partial charge on any atom is 0.119 e. The Hall–Kier alpha value is -1.81. The van der Waals surface area contributed by atoms with Gasteiger partial charge in [0.1, 0.15) is 18.2 Å². The van der Waals surface area contributed by atoms with Gasteiger partial charge in [0.2, 0.25) is 0 Å². The molecule has 1 atom stereocenters. The van der Waals surface area contributed by atoms with Crippen molar-refractivity contribution in [3.05, 3.63) is 48.5 Å². The third kappa shape index (κ3) is 4.10. The summed E-state index contributed by atoms with van der Waals surface area (Å²) in [5, 5.41) is 0. The minimum Gasteiger partial charge on any atom is -0.492 e. The molecule has 1 fully saturated rings. The van der Waals surface area contributed by atoms with Crippen LogP contribution in [0.2, 0.25) is 0 Å². The van der Waals surface area contributed by atoms with Gasteiger partial charge in [-0.1, -0.05) is 18.2 Å². The zero-order chi connectivity index (χ0) is 15.2. The van der Waals surface area contributed by atoms with Gasteiger partial charge in [0.25, 0.3) is 0 Å². The van der Waals surface area contributed by atoms with Crippen LogP contribution < -0.4 is 4.74 Å². The van der Waals surface area contributed by atoms with E-state index in [0.29, 0.717) is 0 Å². The van der Waals surface area contributed by atoms with Crippen LogP contribution in [-0.4, -0.2) is 40.7 Å². The second kappa shape index (κ2) is 7.45. The van der Waals surface area contributed by atoms with Gasteiger partial charge in [-0.25, -0.2) is 4.98 Å². The monoisotopic (exact) mass is 299 g/mol. The Morgan fingerprint density at radius 1 is 1.27 bits per heavy atom. The third-order valence-electron chi connectivity index (χ3n) is 4.40. The van der Waals surface area contributed by atoms with Gasteiger partial charge in [-0.3, -0.25) is 4.90 Å². The SMILES string of the molecule is Cc1nccn1CC1CCCN(CCOc2ccccc2)C1. The number of nitrogens with zero attached hydrogens (tertiary/aromatic N) is 3. The van der Waals surface area contributed by atoms with E-state index in [2.05, 4.69) is 27.6 Å². The lowest BCUT2D eigenvalue weighted by molar-refractivity contribution is 0.138. The number of aryl methyl sites for hydroxylation is 1. The van der Waals surface area contributed by atoms with Crippen LogP contribution in [-0.2, 0) is 6.54 Å². The molecule has 1 unspecified atom stereocenters. The fourth-order valence-corrected chi connectivity index (χ4v) is 3.19. The Morgan fingerprint density at radius 2 is 2.14 bits per heavy atom. The van der Waals surface area contributed by atoms with Crippen molar-refractivity contribution in [3.8, 4) is 5.75 Å². The largest absolute Gasteiger partial charge is 0.492 e. The predicted molar refractivity (Wildman–Crippen MR) is 88.1 cm³/mol. The summed E-state index contributed by atoms with van der Waals surface area (Å²) in [7, 11) is 0. The van der Waals surface area contributed by atoms with Gasteiger partial charge in [-0.05, 0) is 44.4 Å². The number of ether oxygens (including phenoxy) is 1. The quantitative estimate of drug-likeness (QED) is 0.821. The molecule has 0 bridgehead atoms. The number of benzene rings is 1. The highest BCUT2D eigenvalue weighted by Gasteiger charge is 2.20. The average Bonchev–Trinajstić information content (AvgIpc) is 2.94. The molecular weight excluding hydrogens is 274 g/mol. The molecule has 2 aromatic rings. The molecule has 1 aromatic heterocycles. The molecule has 1 saturated heterocycles. The Labute approximate surface area is 132 Å². The van der Waals surface area contributed by atoms with Crippen LogP contribution in [0.4, 0.5) is 0 Å². The highest BCUT2D eigenvalue weighted by Crippen LogP contribution is 2.19. The molecular formula is C18H25N3O. The summed E-state index contributed by atoms with van der Waals surface area (Å²) in [6, 6.07) is 10.1. The van der Waals surface area contributed by atoms with Crippen LogP contribution in [0.5, 0.6) is 5.75 Å². The lowest BCUT2D eigenvalue weighted by atomic mass is 9.98. The maximum absolute atomic E-state index is 5.81. The fraction of sp³-hybridized carbons (Fsp3) is 0.500. The smallest absolute Gasteiger partial charge is 0.119 e. The van der Waals surface area contributed by atoms with E-state index >= 15 is 0 Å². The minimum atomic E-state index is 0.721. The molecule has 0 saturated carbocycles. The summed E-state index contributed by atoms with van der Waals surface area (Å²) in [5.41, 5.74) is 0. The molecule has 1 aromatic carbocycles. The van der Waals surface area contributed by atoms with E-state index in [4.69, 9.17) is 4.74 Å². The summed E-state index contributed by atoms with van der Waals surface area (Å²) in [6.07, 6.45) is 6.58. The van der Waals surface area contributed by atoms with Crippen LogP contribution in [0.3, 0.4) is 0 Å². The zero-order valence-corrected chi connectivity index (χ0v) is 13.3. The molecule has 4 heteroatoms. The van der Waals surface area contributed by atoms with Crippen molar-refractivity contribution in [3.63, 3.8) is 0 Å². The van der Waals surface area contributed by atoms with Gasteiger partial charge in [-0.2, -0.15) is 0 Å². The van der Waals surface area contributed by atoms with Gasteiger partial charge in [0, 0.05) is 32.0 Å². The maximum atomic E-state index is 5.81. The molecule has 1 aliphatic rings. The number of imidazole rings is 1. The van der Waals surface area contributed by atoms with Crippen molar-refractivity contribution in [1.29, 1.82) is 0 Å². The van der Waals surface area contributed by atoms with E-state index in [9.17, 15) is 0 Å². The van der Waals surface area contributed by atoms with Crippen molar-refractivity contribution in [1.82, 2.24) is 14.5 Å². The topological polar surface area (TPSA) is 30.3 Å². The first-order valence-electron chi connectivity index (χ1n) is 8.19. The van der Waals surface area contributed by atoms with Gasteiger partial charge in [0.05, 0.1) is 0 Å². The number of aromatic nitrogens is 2. The van der Waals surface area contributed by atoms with Gasteiger partial charge in [-0.15, -0.1) is 0 Å². The second-order valence-electron chi connectivity index (χ2n) is 6.10. The molecule has 0 aliphatic carbocycles. The first-order valence-corrected chi connectivity index (χ1v) is 8.19. The number of piperidine rings is 1. The Balaban J connectivity index is 1.43. The van der Waals surface area contributed by atoms with E-state index in [1.165, 1.54) is 19.4 Å². The van der Waals surface area contributed by atoms with Crippen LogP contribution in [0.15, 0.2) is 42.7 Å². The van der Waals surface area contributed by atoms with E-state index < -0.39 is 0 Å². The fourth-order valence-electron chi connectivity index (χ4n) is 3.19. The van der Waals surface area contributed by atoms with E-state index in [1.807, 2.05) is 36.5 Å². The first kappa shape index (κ1) is 15.1. The lowest BCUT2D eigenvalue weighted by Gasteiger charge is -2.33. The molecule has 1 aliphatic heterocycles. The van der Waals surface area contributed by atoms with Crippen LogP contribution in [0, 0.1) is 12.8 Å². The zero-order valence-electron chi connectivity index (χ0n) is 13.3. The van der Waals surface area contributed by atoms with Gasteiger partial charge < -0.3 is 9.30 Å². The normalized spacial score (nSPS) is 19.2. The summed E-state index contributed by atoms with van der Waals surface area (Å²) in [5.74, 6) is 2.80. The molecule has 0 spiro atoms. The number of hydrogen-bond acceptors (Lipinski definition) is 3. The van der Waals surface area contributed by atoms with Crippen LogP contribution in [0.25, 0.3) is 0 Å². The number of hydrogen-bond donors (Lipinski definition) is 0.